The quantitative estimate of drug-likeness (QED) is 0.863. The van der Waals surface area contributed by atoms with Gasteiger partial charge in [-0.1, -0.05) is 18.8 Å². The molecule has 23 heavy (non-hydrogen) atoms. The van der Waals surface area contributed by atoms with Crippen molar-refractivity contribution in [2.45, 2.75) is 44.9 Å². The maximum absolute atomic E-state index is 12.8. The molecule has 0 amide bonds. The van der Waals surface area contributed by atoms with Gasteiger partial charge in [-0.15, -0.1) is 0 Å². The third kappa shape index (κ3) is 2.55. The summed E-state index contributed by atoms with van der Waals surface area (Å²) in [5.74, 6) is 3.00. The van der Waals surface area contributed by atoms with Crippen LogP contribution < -0.4 is 5.56 Å². The molecule has 2 atom stereocenters. The second kappa shape index (κ2) is 5.82. The van der Waals surface area contributed by atoms with Crippen LogP contribution in [-0.4, -0.2) is 21.4 Å². The molecule has 5 nitrogen and oxygen atoms in total. The molecule has 3 rings (SSSR count). The molecular formula is C17H20BN3O2. The number of hydrogen-bond donors (Lipinski definition) is 1. The first kappa shape index (κ1) is 15.8. The largest absolute Gasteiger partial charge is 0.389 e. The van der Waals surface area contributed by atoms with Crippen molar-refractivity contribution in [3.63, 3.8) is 0 Å². The van der Waals surface area contributed by atoms with Crippen molar-refractivity contribution in [1.29, 1.82) is 5.26 Å². The van der Waals surface area contributed by atoms with E-state index in [0.717, 1.165) is 24.7 Å². The number of aliphatic hydroxyl groups is 1. The second-order valence-electron chi connectivity index (χ2n) is 6.53. The Kier molecular flexibility index (Phi) is 3.99. The third-order valence-electron chi connectivity index (χ3n) is 4.85. The zero-order valence-corrected chi connectivity index (χ0v) is 13.7. The SMILES string of the molecule is Cc1cc(C(C)O)c2nc(C3CCCB3C#N)n(C)c(=O)c2c1. The van der Waals surface area contributed by atoms with E-state index in [4.69, 9.17) is 4.98 Å². The van der Waals surface area contributed by atoms with Gasteiger partial charge in [0.2, 0.25) is 0 Å². The fraction of sp³-hybridized carbons (Fsp3) is 0.471. The smallest absolute Gasteiger partial charge is 0.278 e. The number of aromatic nitrogens is 2. The number of aryl methyl sites for hydroxylation is 1. The van der Waals surface area contributed by atoms with Gasteiger partial charge >= 0.3 is 0 Å². The summed E-state index contributed by atoms with van der Waals surface area (Å²) in [6, 6.07) is 3.69. The predicted octanol–water partition coefficient (Wildman–Crippen LogP) is 2.27. The minimum Gasteiger partial charge on any atom is -0.389 e. The molecule has 1 N–H and O–H groups in total. The number of rotatable bonds is 2. The summed E-state index contributed by atoms with van der Waals surface area (Å²) in [4.78, 5) is 17.5. The summed E-state index contributed by atoms with van der Waals surface area (Å²) in [5.41, 5.74) is 2.05. The molecule has 0 radical (unpaired) electrons. The molecule has 1 aromatic heterocycles. The van der Waals surface area contributed by atoms with Crippen molar-refractivity contribution < 1.29 is 5.11 Å². The van der Waals surface area contributed by atoms with Gasteiger partial charge in [0.25, 0.3) is 12.3 Å². The Morgan fingerprint density at radius 1 is 1.52 bits per heavy atom. The minimum absolute atomic E-state index is 0.00903. The van der Waals surface area contributed by atoms with Crippen LogP contribution in [0.4, 0.5) is 0 Å². The van der Waals surface area contributed by atoms with E-state index in [2.05, 4.69) is 5.97 Å². The van der Waals surface area contributed by atoms with E-state index in [1.165, 1.54) is 0 Å². The fourth-order valence-corrected chi connectivity index (χ4v) is 3.64. The lowest BCUT2D eigenvalue weighted by molar-refractivity contribution is 0.200. The molecule has 0 bridgehead atoms. The summed E-state index contributed by atoms with van der Waals surface area (Å²) in [7, 11) is 1.72. The Bertz CT molecular complexity index is 867. The highest BCUT2D eigenvalue weighted by Gasteiger charge is 2.35. The van der Waals surface area contributed by atoms with Crippen LogP contribution in [-0.2, 0) is 7.05 Å². The van der Waals surface area contributed by atoms with Crippen molar-refractivity contribution in [3.8, 4) is 5.97 Å². The highest BCUT2D eigenvalue weighted by Crippen LogP contribution is 2.33. The monoisotopic (exact) mass is 309 g/mol. The maximum Gasteiger partial charge on any atom is 0.278 e. The summed E-state index contributed by atoms with van der Waals surface area (Å²) in [6.45, 7) is 3.49. The van der Waals surface area contributed by atoms with Gasteiger partial charge < -0.3 is 5.11 Å². The van der Waals surface area contributed by atoms with Crippen molar-refractivity contribution in [3.05, 3.63) is 39.4 Å². The predicted molar refractivity (Wildman–Crippen MR) is 90.5 cm³/mol. The van der Waals surface area contributed by atoms with Gasteiger partial charge in [-0.05, 0) is 31.9 Å². The van der Waals surface area contributed by atoms with Crippen LogP contribution in [0.5, 0.6) is 0 Å². The number of fused-ring (bicyclic) bond motifs is 1. The standard InChI is InChI=1S/C17H20BN3O2/c1-10-7-12(11(2)22)15-13(8-10)17(23)21(3)16(20-15)14-5-4-6-18(14)9-19/h7-8,11,14,22H,4-6H2,1-3H3. The van der Waals surface area contributed by atoms with Crippen molar-refractivity contribution >= 4 is 17.6 Å². The molecule has 2 heterocycles. The van der Waals surface area contributed by atoms with Crippen molar-refractivity contribution in [2.24, 2.45) is 7.05 Å². The number of nitrogens with zero attached hydrogens (tertiary/aromatic N) is 3. The van der Waals surface area contributed by atoms with Gasteiger partial charge in [0.15, 0.2) is 0 Å². The molecule has 1 aromatic carbocycles. The van der Waals surface area contributed by atoms with E-state index < -0.39 is 6.10 Å². The van der Waals surface area contributed by atoms with E-state index in [1.807, 2.05) is 19.1 Å². The van der Waals surface area contributed by atoms with Gasteiger partial charge in [-0.2, -0.15) is 0 Å². The Morgan fingerprint density at radius 3 is 2.91 bits per heavy atom. The molecule has 0 aliphatic carbocycles. The average Bonchev–Trinajstić information content (AvgIpc) is 2.98. The maximum atomic E-state index is 12.8. The Balaban J connectivity index is 2.31. The molecule has 2 unspecified atom stereocenters. The van der Waals surface area contributed by atoms with E-state index in [1.54, 1.807) is 18.5 Å². The van der Waals surface area contributed by atoms with E-state index in [0.29, 0.717) is 22.3 Å². The normalized spacial score (nSPS) is 19.1. The minimum atomic E-state index is -0.694. The summed E-state index contributed by atoms with van der Waals surface area (Å²) in [5, 5.41) is 19.9. The first-order chi connectivity index (χ1) is 10.9. The van der Waals surface area contributed by atoms with Gasteiger partial charge in [0.05, 0.1) is 17.0 Å². The average molecular weight is 309 g/mol. The van der Waals surface area contributed by atoms with Crippen LogP contribution in [0.1, 0.15) is 48.6 Å². The Morgan fingerprint density at radius 2 is 2.26 bits per heavy atom. The molecular weight excluding hydrogens is 289 g/mol. The molecule has 0 spiro atoms. The van der Waals surface area contributed by atoms with Crippen LogP contribution in [0.25, 0.3) is 10.9 Å². The third-order valence-corrected chi connectivity index (χ3v) is 4.85. The molecule has 118 valence electrons. The van der Waals surface area contributed by atoms with E-state index in [9.17, 15) is 15.2 Å². The van der Waals surface area contributed by atoms with Crippen molar-refractivity contribution in [2.75, 3.05) is 0 Å². The molecule has 1 aliphatic heterocycles. The molecule has 6 heteroatoms. The van der Waals surface area contributed by atoms with Crippen LogP contribution in [0.3, 0.4) is 0 Å². The number of hydrogen-bond acceptors (Lipinski definition) is 4. The summed E-state index contributed by atoms with van der Waals surface area (Å²) < 4.78 is 1.58. The zero-order chi connectivity index (χ0) is 16.7. The highest BCUT2D eigenvalue weighted by atomic mass is 16.3. The van der Waals surface area contributed by atoms with Gasteiger partial charge in [-0.3, -0.25) is 9.36 Å². The highest BCUT2D eigenvalue weighted by molar-refractivity contribution is 6.69. The van der Waals surface area contributed by atoms with Crippen molar-refractivity contribution in [1.82, 2.24) is 9.55 Å². The number of benzene rings is 1. The molecule has 0 saturated carbocycles. The van der Waals surface area contributed by atoms with E-state index in [-0.39, 0.29) is 18.1 Å². The number of aliphatic hydroxyl groups excluding tert-OH is 1. The lowest BCUT2D eigenvalue weighted by Crippen LogP contribution is -2.28. The lowest BCUT2D eigenvalue weighted by atomic mass is 9.44. The first-order valence-corrected chi connectivity index (χ1v) is 8.03. The van der Waals surface area contributed by atoms with Gasteiger partial charge in [0.1, 0.15) is 5.82 Å². The first-order valence-electron chi connectivity index (χ1n) is 8.03. The van der Waals surface area contributed by atoms with Crippen LogP contribution in [0, 0.1) is 18.2 Å². The Labute approximate surface area is 135 Å². The molecule has 2 aromatic rings. The van der Waals surface area contributed by atoms with Gasteiger partial charge in [0, 0.05) is 24.4 Å². The Hall–Kier alpha value is -2.13. The topological polar surface area (TPSA) is 78.9 Å². The van der Waals surface area contributed by atoms with Gasteiger partial charge in [-0.25, -0.2) is 10.2 Å². The molecule has 1 fully saturated rings. The van der Waals surface area contributed by atoms with Crippen LogP contribution >= 0.6 is 0 Å². The zero-order valence-electron chi connectivity index (χ0n) is 13.7. The summed E-state index contributed by atoms with van der Waals surface area (Å²) in [6.07, 6.45) is 2.01. The molecule has 1 saturated heterocycles. The summed E-state index contributed by atoms with van der Waals surface area (Å²) >= 11 is 0. The fourth-order valence-electron chi connectivity index (χ4n) is 3.64. The lowest BCUT2D eigenvalue weighted by Gasteiger charge is -2.18. The van der Waals surface area contributed by atoms with Crippen LogP contribution in [0.2, 0.25) is 6.32 Å². The van der Waals surface area contributed by atoms with Crippen LogP contribution in [0.15, 0.2) is 16.9 Å². The number of nitriles is 1. The second-order valence-corrected chi connectivity index (χ2v) is 6.53. The van der Waals surface area contributed by atoms with E-state index >= 15 is 0 Å². The molecule has 1 aliphatic rings.